The number of para-hydroxylation sites is 2. The molecule has 0 saturated carbocycles. The number of likely N-dealkylation sites (N-methyl/N-ethyl adjacent to an activating group) is 2. The minimum absolute atomic E-state index is 1.11. The molecule has 0 N–H and O–H groups in total. The number of nitrogens with zero attached hydrogens (tertiary/aromatic N) is 3. The van der Waals surface area contributed by atoms with Gasteiger partial charge < -0.3 is 0 Å². The van der Waals surface area contributed by atoms with Crippen molar-refractivity contribution in [3.63, 3.8) is 0 Å². The predicted octanol–water partition coefficient (Wildman–Crippen LogP) is 4.08. The molecule has 0 aliphatic carbocycles. The van der Waals surface area contributed by atoms with Crippen LogP contribution in [-0.4, -0.2) is 65.2 Å². The van der Waals surface area contributed by atoms with Gasteiger partial charge in [-0.05, 0) is 0 Å². The van der Waals surface area contributed by atoms with Crippen LogP contribution in [0.4, 0.5) is 11.4 Å². The van der Waals surface area contributed by atoms with Crippen LogP contribution in [0.2, 0.25) is 9.95 Å². The Kier molecular flexibility index (Phi) is 7.05. The van der Waals surface area contributed by atoms with Crippen LogP contribution in [0.25, 0.3) is 0 Å². The second-order valence-electron chi connectivity index (χ2n) is 7.19. The normalized spacial score (nSPS) is 16.6. The van der Waals surface area contributed by atoms with Crippen molar-refractivity contribution in [2.24, 2.45) is 0 Å². The second kappa shape index (κ2) is 9.48. The number of anilines is 2. The number of hydrogen-bond donors (Lipinski definition) is 0. The summed E-state index contributed by atoms with van der Waals surface area (Å²) >= 11 is -1.31. The van der Waals surface area contributed by atoms with Crippen LogP contribution in [-0.2, 0) is 0 Å². The average Bonchev–Trinajstić information content (AvgIpc) is 2.82. The number of benzene rings is 2. The molecule has 2 aromatic rings. The van der Waals surface area contributed by atoms with E-state index in [1.54, 1.807) is 0 Å². The van der Waals surface area contributed by atoms with E-state index in [0.717, 1.165) is 6.54 Å². The van der Waals surface area contributed by atoms with Crippen molar-refractivity contribution in [1.82, 2.24) is 8.51 Å². The van der Waals surface area contributed by atoms with Gasteiger partial charge >= 0.3 is 159 Å². The van der Waals surface area contributed by atoms with Gasteiger partial charge in [-0.2, -0.15) is 0 Å². The summed E-state index contributed by atoms with van der Waals surface area (Å²) in [4.78, 5) is 7.90. The summed E-state index contributed by atoms with van der Waals surface area (Å²) in [7, 11) is 4.64. The zero-order valence-electron chi connectivity index (χ0n) is 15.6. The molecule has 1 heterocycles. The average molecular weight is 394 g/mol. The van der Waals surface area contributed by atoms with Crippen molar-refractivity contribution >= 4 is 27.8 Å². The van der Waals surface area contributed by atoms with Gasteiger partial charge in [0, 0.05) is 0 Å². The van der Waals surface area contributed by atoms with Crippen molar-refractivity contribution in [2.45, 2.75) is 16.4 Å². The van der Waals surface area contributed by atoms with E-state index in [1.807, 2.05) is 0 Å². The van der Waals surface area contributed by atoms with E-state index in [-0.39, 0.29) is 0 Å². The Hall–Kier alpha value is -1.20. The van der Waals surface area contributed by atoms with Crippen LogP contribution < -0.4 is 4.90 Å². The maximum atomic E-state index is 2.74. The van der Waals surface area contributed by atoms with Crippen molar-refractivity contribution in [1.29, 1.82) is 0 Å². The Bertz CT molecular complexity index is 580. The Balaban J connectivity index is 1.63. The van der Waals surface area contributed by atoms with Gasteiger partial charge in [-0.15, -0.1) is 0 Å². The van der Waals surface area contributed by atoms with E-state index in [0.29, 0.717) is 0 Å². The summed E-state index contributed by atoms with van der Waals surface area (Å²) < 4.78 is 2.74. The molecule has 0 radical (unpaired) electrons. The zero-order valence-corrected chi connectivity index (χ0v) is 18.1. The molecule has 0 atom stereocenters. The summed E-state index contributed by atoms with van der Waals surface area (Å²) in [5, 5.41) is 0. The summed E-state index contributed by atoms with van der Waals surface area (Å²) in [5.74, 6) is 0. The summed E-state index contributed by atoms with van der Waals surface area (Å²) in [6.45, 7) is 4.91. The molecule has 0 bridgehead atoms. The summed E-state index contributed by atoms with van der Waals surface area (Å²) in [5.41, 5.74) is 2.60. The molecular weight excluding hydrogens is 364 g/mol. The van der Waals surface area contributed by atoms with Gasteiger partial charge in [0.15, 0.2) is 0 Å². The first kappa shape index (κ1) is 18.6. The molecule has 25 heavy (non-hydrogen) atoms. The number of hydrogen-bond acceptors (Lipinski definition) is 3. The molecule has 1 aliphatic heterocycles. The van der Waals surface area contributed by atoms with Crippen LogP contribution in [0.15, 0.2) is 60.7 Å². The first-order valence-corrected chi connectivity index (χ1v) is 14.0. The van der Waals surface area contributed by atoms with Gasteiger partial charge in [0.2, 0.25) is 0 Å². The van der Waals surface area contributed by atoms with Crippen LogP contribution in [0.5, 0.6) is 0 Å². The molecular formula is C21H30GaN3. The zero-order chi connectivity index (χ0) is 17.5. The van der Waals surface area contributed by atoms with E-state index in [9.17, 15) is 0 Å². The van der Waals surface area contributed by atoms with E-state index < -0.39 is 16.5 Å². The quantitative estimate of drug-likeness (QED) is 0.684. The molecule has 3 nitrogen and oxygen atoms in total. The van der Waals surface area contributed by atoms with Crippen molar-refractivity contribution in [2.75, 3.05) is 45.2 Å². The van der Waals surface area contributed by atoms with Crippen LogP contribution in [0, 0.1) is 0 Å². The molecule has 0 amide bonds. The molecule has 1 fully saturated rings. The third-order valence-corrected chi connectivity index (χ3v) is 12.7. The molecule has 1 aliphatic rings. The maximum absolute atomic E-state index is 2.74. The topological polar surface area (TPSA) is 9.72 Å². The van der Waals surface area contributed by atoms with Crippen LogP contribution in [0.1, 0.15) is 6.42 Å². The fraction of sp³-hybridized carbons (Fsp3) is 0.429. The molecule has 2 aromatic carbocycles. The summed E-state index contributed by atoms with van der Waals surface area (Å²) in [6.07, 6.45) is 1.29. The van der Waals surface area contributed by atoms with E-state index in [2.05, 4.69) is 88.2 Å². The third-order valence-electron chi connectivity index (χ3n) is 5.36. The molecule has 0 spiro atoms. The first-order valence-electron chi connectivity index (χ1n) is 9.50. The second-order valence-corrected chi connectivity index (χ2v) is 14.2. The third kappa shape index (κ3) is 5.38. The van der Waals surface area contributed by atoms with Crippen LogP contribution in [0.3, 0.4) is 0 Å². The Morgan fingerprint density at radius 1 is 0.840 bits per heavy atom. The molecule has 0 aromatic heterocycles. The van der Waals surface area contributed by atoms with E-state index in [4.69, 9.17) is 0 Å². The van der Waals surface area contributed by atoms with Crippen molar-refractivity contribution in [3.05, 3.63) is 60.7 Å². The van der Waals surface area contributed by atoms with Crippen molar-refractivity contribution < 1.29 is 0 Å². The van der Waals surface area contributed by atoms with Gasteiger partial charge in [-0.3, -0.25) is 0 Å². The Morgan fingerprint density at radius 3 is 2.04 bits per heavy atom. The molecule has 4 heteroatoms. The predicted molar refractivity (Wildman–Crippen MR) is 110 cm³/mol. The van der Waals surface area contributed by atoms with Gasteiger partial charge in [0.25, 0.3) is 0 Å². The van der Waals surface area contributed by atoms with E-state index >= 15 is 0 Å². The fourth-order valence-electron chi connectivity index (χ4n) is 3.69. The van der Waals surface area contributed by atoms with Gasteiger partial charge in [-0.25, -0.2) is 0 Å². The monoisotopic (exact) mass is 393 g/mol. The Morgan fingerprint density at radius 2 is 1.44 bits per heavy atom. The first-order chi connectivity index (χ1) is 12.2. The Labute approximate surface area is 158 Å². The minimum atomic E-state index is -1.31. The van der Waals surface area contributed by atoms with Gasteiger partial charge in [0.1, 0.15) is 0 Å². The van der Waals surface area contributed by atoms with Crippen molar-refractivity contribution in [3.8, 4) is 0 Å². The van der Waals surface area contributed by atoms with Gasteiger partial charge in [-0.1, -0.05) is 0 Å². The SMILES string of the molecule is CN1CC[N](C)[Ga]([CH2]CCN(c2ccccc2)c2ccccc2)[CH2]C1. The molecule has 132 valence electrons. The summed E-state index contributed by atoms with van der Waals surface area (Å²) in [6, 6.07) is 21.6. The van der Waals surface area contributed by atoms with Crippen LogP contribution >= 0.6 is 0 Å². The fourth-order valence-corrected chi connectivity index (χ4v) is 10.1. The van der Waals surface area contributed by atoms with Gasteiger partial charge in [0.05, 0.1) is 0 Å². The van der Waals surface area contributed by atoms with E-state index in [1.165, 1.54) is 47.4 Å². The standard InChI is InChI=1S/C15H16N.C6H14N2.Ga/c1-2-13-16(14-9-5-3-6-10-14)15-11-7-4-8-12-15;1-4-8(3)6-5-7-2;/h3-12H,1-2,13H2;1,4-6H2,2-3H3;/q;-1;+1. The molecule has 0 unspecified atom stereocenters. The molecule has 3 rings (SSSR count). The molecule has 1 saturated heterocycles. The number of rotatable bonds is 6.